The number of nitrogens with one attached hydrogen (secondary N) is 1. The summed E-state index contributed by atoms with van der Waals surface area (Å²) in [5.41, 5.74) is 0.584. The van der Waals surface area contributed by atoms with Crippen molar-refractivity contribution in [2.45, 2.75) is 45.3 Å². The van der Waals surface area contributed by atoms with E-state index in [4.69, 9.17) is 9.47 Å². The molecule has 23 heavy (non-hydrogen) atoms. The summed E-state index contributed by atoms with van der Waals surface area (Å²) < 4.78 is 11.7. The van der Waals surface area contributed by atoms with Gasteiger partial charge in [-0.25, -0.2) is 4.79 Å². The fourth-order valence-electron chi connectivity index (χ4n) is 2.52. The number of anilines is 1. The van der Waals surface area contributed by atoms with Gasteiger partial charge in [0.05, 0.1) is 11.6 Å². The van der Waals surface area contributed by atoms with Gasteiger partial charge in [-0.1, -0.05) is 0 Å². The SMILES string of the molecule is COc1cc(NC2CCN(C(=O)OC(C)(C)C)CC2)ccc1Br. The van der Waals surface area contributed by atoms with Gasteiger partial charge >= 0.3 is 6.09 Å². The zero-order valence-electron chi connectivity index (χ0n) is 14.2. The summed E-state index contributed by atoms with van der Waals surface area (Å²) in [6, 6.07) is 6.31. The number of carbonyl (C=O) groups is 1. The van der Waals surface area contributed by atoms with Crippen LogP contribution < -0.4 is 10.1 Å². The Labute approximate surface area is 146 Å². The lowest BCUT2D eigenvalue weighted by Crippen LogP contribution is -2.44. The van der Waals surface area contributed by atoms with Crippen molar-refractivity contribution in [3.05, 3.63) is 22.7 Å². The predicted octanol–water partition coefficient (Wildman–Crippen LogP) is 4.27. The van der Waals surface area contributed by atoms with Gasteiger partial charge in [-0.05, 0) is 61.7 Å². The van der Waals surface area contributed by atoms with E-state index in [1.165, 1.54) is 0 Å². The number of carbonyl (C=O) groups excluding carboxylic acids is 1. The van der Waals surface area contributed by atoms with E-state index in [-0.39, 0.29) is 6.09 Å². The highest BCUT2D eigenvalue weighted by Gasteiger charge is 2.26. The van der Waals surface area contributed by atoms with Crippen LogP contribution in [0.2, 0.25) is 0 Å². The Morgan fingerprint density at radius 2 is 1.96 bits per heavy atom. The minimum absolute atomic E-state index is 0.221. The third kappa shape index (κ3) is 5.30. The molecule has 1 N–H and O–H groups in total. The monoisotopic (exact) mass is 384 g/mol. The fourth-order valence-corrected chi connectivity index (χ4v) is 2.93. The molecule has 0 unspecified atom stereocenters. The largest absolute Gasteiger partial charge is 0.495 e. The quantitative estimate of drug-likeness (QED) is 0.845. The maximum atomic E-state index is 12.1. The van der Waals surface area contributed by atoms with Crippen molar-refractivity contribution in [1.82, 2.24) is 4.90 Å². The smallest absolute Gasteiger partial charge is 0.410 e. The number of rotatable bonds is 3. The molecule has 5 nitrogen and oxygen atoms in total. The number of nitrogens with zero attached hydrogens (tertiary/aromatic N) is 1. The van der Waals surface area contributed by atoms with Crippen LogP contribution in [0.15, 0.2) is 22.7 Å². The molecule has 1 heterocycles. The van der Waals surface area contributed by atoms with Gasteiger partial charge in [0.15, 0.2) is 0 Å². The van der Waals surface area contributed by atoms with Gasteiger partial charge in [-0.3, -0.25) is 0 Å². The van der Waals surface area contributed by atoms with Crippen molar-refractivity contribution < 1.29 is 14.3 Å². The Morgan fingerprint density at radius 1 is 1.30 bits per heavy atom. The lowest BCUT2D eigenvalue weighted by atomic mass is 10.0. The Morgan fingerprint density at radius 3 is 2.52 bits per heavy atom. The third-order valence-corrected chi connectivity index (χ3v) is 4.32. The maximum absolute atomic E-state index is 12.1. The van der Waals surface area contributed by atoms with Crippen molar-refractivity contribution in [2.24, 2.45) is 0 Å². The fraction of sp³-hybridized carbons (Fsp3) is 0.588. The molecule has 1 aromatic carbocycles. The second kappa shape index (κ2) is 7.43. The molecule has 1 saturated heterocycles. The molecular weight excluding hydrogens is 360 g/mol. The van der Waals surface area contributed by atoms with E-state index in [0.717, 1.165) is 28.8 Å². The molecule has 0 radical (unpaired) electrons. The van der Waals surface area contributed by atoms with E-state index in [1.54, 1.807) is 12.0 Å². The molecular formula is C17H25BrN2O3. The van der Waals surface area contributed by atoms with Crippen molar-refractivity contribution in [2.75, 3.05) is 25.5 Å². The summed E-state index contributed by atoms with van der Waals surface area (Å²) >= 11 is 3.45. The van der Waals surface area contributed by atoms with Crippen molar-refractivity contribution >= 4 is 27.7 Å². The maximum Gasteiger partial charge on any atom is 0.410 e. The first-order valence-electron chi connectivity index (χ1n) is 7.86. The molecule has 6 heteroatoms. The second-order valence-corrected chi connectivity index (χ2v) is 7.59. The first-order chi connectivity index (χ1) is 10.8. The minimum atomic E-state index is -0.444. The Kier molecular flexibility index (Phi) is 5.79. The molecule has 0 aromatic heterocycles. The zero-order chi connectivity index (χ0) is 17.0. The highest BCUT2D eigenvalue weighted by Crippen LogP contribution is 2.29. The summed E-state index contributed by atoms with van der Waals surface area (Å²) in [4.78, 5) is 13.8. The molecule has 128 valence electrons. The zero-order valence-corrected chi connectivity index (χ0v) is 15.8. The first kappa shape index (κ1) is 17.9. The van der Waals surface area contributed by atoms with Crippen LogP contribution in [0.1, 0.15) is 33.6 Å². The lowest BCUT2D eigenvalue weighted by molar-refractivity contribution is 0.0210. The van der Waals surface area contributed by atoms with Crippen LogP contribution in [0.25, 0.3) is 0 Å². The Bertz CT molecular complexity index is 549. The van der Waals surface area contributed by atoms with Gasteiger partial charge in [0.25, 0.3) is 0 Å². The number of hydrogen-bond donors (Lipinski definition) is 1. The van der Waals surface area contributed by atoms with E-state index in [0.29, 0.717) is 19.1 Å². The van der Waals surface area contributed by atoms with Gasteiger partial charge in [0.2, 0.25) is 0 Å². The number of piperidine rings is 1. The van der Waals surface area contributed by atoms with E-state index in [1.807, 2.05) is 39.0 Å². The molecule has 2 rings (SSSR count). The number of methoxy groups -OCH3 is 1. The Hall–Kier alpha value is -1.43. The Balaban J connectivity index is 1.86. The topological polar surface area (TPSA) is 50.8 Å². The molecule has 0 bridgehead atoms. The van der Waals surface area contributed by atoms with Gasteiger partial charge in [-0.15, -0.1) is 0 Å². The average molecular weight is 385 g/mol. The molecule has 1 fully saturated rings. The van der Waals surface area contributed by atoms with Gasteiger partial charge < -0.3 is 19.7 Å². The molecule has 0 atom stereocenters. The highest BCUT2D eigenvalue weighted by molar-refractivity contribution is 9.10. The lowest BCUT2D eigenvalue weighted by Gasteiger charge is -2.34. The number of benzene rings is 1. The van der Waals surface area contributed by atoms with Crippen molar-refractivity contribution in [1.29, 1.82) is 0 Å². The van der Waals surface area contributed by atoms with E-state index in [9.17, 15) is 4.79 Å². The van der Waals surface area contributed by atoms with Crippen LogP contribution in [0, 0.1) is 0 Å². The summed E-state index contributed by atoms with van der Waals surface area (Å²) in [6.07, 6.45) is 1.58. The molecule has 1 aromatic rings. The van der Waals surface area contributed by atoms with Gasteiger partial charge in [0.1, 0.15) is 11.4 Å². The van der Waals surface area contributed by atoms with Crippen LogP contribution in [-0.2, 0) is 4.74 Å². The summed E-state index contributed by atoms with van der Waals surface area (Å²) in [7, 11) is 1.66. The van der Waals surface area contributed by atoms with E-state index < -0.39 is 5.60 Å². The van der Waals surface area contributed by atoms with Crippen LogP contribution in [0.4, 0.5) is 10.5 Å². The van der Waals surface area contributed by atoms with Gasteiger partial charge in [-0.2, -0.15) is 0 Å². The summed E-state index contributed by atoms with van der Waals surface area (Å²) in [5.74, 6) is 0.807. The summed E-state index contributed by atoms with van der Waals surface area (Å²) in [6.45, 7) is 7.08. The van der Waals surface area contributed by atoms with Crippen LogP contribution >= 0.6 is 15.9 Å². The molecule has 0 aliphatic carbocycles. The minimum Gasteiger partial charge on any atom is -0.495 e. The summed E-state index contributed by atoms with van der Waals surface area (Å²) in [5, 5.41) is 3.51. The van der Waals surface area contributed by atoms with Crippen molar-refractivity contribution in [3.63, 3.8) is 0 Å². The standard InChI is InChI=1S/C17H25BrN2O3/c1-17(2,3)23-16(21)20-9-7-12(8-10-20)19-13-5-6-14(18)15(11-13)22-4/h5-6,11-12,19H,7-10H2,1-4H3. The first-order valence-corrected chi connectivity index (χ1v) is 8.66. The molecule has 1 aliphatic heterocycles. The number of amides is 1. The van der Waals surface area contributed by atoms with E-state index >= 15 is 0 Å². The molecule has 0 saturated carbocycles. The van der Waals surface area contributed by atoms with Crippen LogP contribution in [0.5, 0.6) is 5.75 Å². The van der Waals surface area contributed by atoms with E-state index in [2.05, 4.69) is 21.2 Å². The molecule has 1 aliphatic rings. The second-order valence-electron chi connectivity index (χ2n) is 6.74. The van der Waals surface area contributed by atoms with Gasteiger partial charge in [0, 0.05) is 30.9 Å². The number of halogens is 1. The molecule has 0 spiro atoms. The van der Waals surface area contributed by atoms with Crippen LogP contribution in [0.3, 0.4) is 0 Å². The third-order valence-electron chi connectivity index (χ3n) is 3.67. The average Bonchev–Trinajstić information content (AvgIpc) is 2.48. The number of hydrogen-bond acceptors (Lipinski definition) is 4. The van der Waals surface area contributed by atoms with Crippen molar-refractivity contribution in [3.8, 4) is 5.75 Å². The highest BCUT2D eigenvalue weighted by atomic mass is 79.9. The normalized spacial score (nSPS) is 16.1. The molecule has 1 amide bonds. The van der Waals surface area contributed by atoms with Crippen LogP contribution in [-0.4, -0.2) is 42.8 Å². The number of likely N-dealkylation sites (tertiary alicyclic amines) is 1. The predicted molar refractivity (Wildman–Crippen MR) is 95.1 cm³/mol. The number of ether oxygens (including phenoxy) is 2.